The van der Waals surface area contributed by atoms with E-state index in [-0.39, 0.29) is 18.6 Å². The molecule has 1 atom stereocenters. The molecule has 2 N–H and O–H groups in total. The van der Waals surface area contributed by atoms with E-state index in [1.807, 2.05) is 6.92 Å². The lowest BCUT2D eigenvalue weighted by molar-refractivity contribution is -0.127. The van der Waals surface area contributed by atoms with Gasteiger partial charge in [-0.15, -0.1) is 0 Å². The van der Waals surface area contributed by atoms with Crippen molar-refractivity contribution < 1.29 is 9.90 Å². The summed E-state index contributed by atoms with van der Waals surface area (Å²) in [6.45, 7) is 7.12. The third kappa shape index (κ3) is 5.49. The van der Waals surface area contributed by atoms with Gasteiger partial charge in [-0.05, 0) is 40.0 Å². The third-order valence-corrected chi connectivity index (χ3v) is 4.07. The molecule has 0 spiro atoms. The second-order valence-corrected chi connectivity index (χ2v) is 5.93. The Kier molecular flexibility index (Phi) is 7.39. The van der Waals surface area contributed by atoms with Gasteiger partial charge >= 0.3 is 0 Å². The van der Waals surface area contributed by atoms with Gasteiger partial charge in [-0.3, -0.25) is 9.69 Å². The Bertz CT molecular complexity index is 263. The molecule has 0 bridgehead atoms. The lowest BCUT2D eigenvalue weighted by Crippen LogP contribution is -2.51. The zero-order valence-electron chi connectivity index (χ0n) is 12.7. The van der Waals surface area contributed by atoms with Crippen molar-refractivity contribution in [2.45, 2.75) is 77.4 Å². The first kappa shape index (κ1) is 16.4. The van der Waals surface area contributed by atoms with Crippen LogP contribution in [0.3, 0.4) is 0 Å². The number of hydrogen-bond acceptors (Lipinski definition) is 3. The summed E-state index contributed by atoms with van der Waals surface area (Å²) in [5.74, 6) is 0.138. The van der Waals surface area contributed by atoms with Crippen LogP contribution in [0.4, 0.5) is 0 Å². The van der Waals surface area contributed by atoms with Crippen molar-refractivity contribution >= 4 is 5.91 Å². The zero-order chi connectivity index (χ0) is 14.3. The first-order chi connectivity index (χ1) is 9.06. The van der Waals surface area contributed by atoms with Gasteiger partial charge in [-0.2, -0.15) is 0 Å². The summed E-state index contributed by atoms with van der Waals surface area (Å²) >= 11 is 0. The predicted molar refractivity (Wildman–Crippen MR) is 78.0 cm³/mol. The van der Waals surface area contributed by atoms with E-state index >= 15 is 0 Å². The maximum atomic E-state index is 12.3. The maximum Gasteiger partial charge on any atom is 0.237 e. The SMILES string of the molecule is CC(C)N(CCCO)C(C)C(=O)NC1CCCCC1. The van der Waals surface area contributed by atoms with E-state index in [1.54, 1.807) is 0 Å². The van der Waals surface area contributed by atoms with Gasteiger partial charge < -0.3 is 10.4 Å². The molecule has 1 unspecified atom stereocenters. The quantitative estimate of drug-likeness (QED) is 0.743. The van der Waals surface area contributed by atoms with Gasteiger partial charge in [0.05, 0.1) is 6.04 Å². The number of rotatable bonds is 7. The Balaban J connectivity index is 2.47. The molecule has 0 aromatic heterocycles. The van der Waals surface area contributed by atoms with Crippen LogP contribution in [-0.2, 0) is 4.79 Å². The monoisotopic (exact) mass is 270 g/mol. The predicted octanol–water partition coefficient (Wildman–Crippen LogP) is 1.92. The highest BCUT2D eigenvalue weighted by Gasteiger charge is 2.25. The van der Waals surface area contributed by atoms with Crippen LogP contribution >= 0.6 is 0 Å². The van der Waals surface area contributed by atoms with E-state index in [0.717, 1.165) is 25.8 Å². The third-order valence-electron chi connectivity index (χ3n) is 4.07. The van der Waals surface area contributed by atoms with Gasteiger partial charge in [-0.1, -0.05) is 19.3 Å². The molecule has 1 aliphatic rings. The topological polar surface area (TPSA) is 52.6 Å². The summed E-state index contributed by atoms with van der Waals surface area (Å²) in [7, 11) is 0. The van der Waals surface area contributed by atoms with Gasteiger partial charge in [0.2, 0.25) is 5.91 Å². The number of carbonyl (C=O) groups is 1. The van der Waals surface area contributed by atoms with Crippen LogP contribution in [0.5, 0.6) is 0 Å². The molecule has 1 fully saturated rings. The second-order valence-electron chi connectivity index (χ2n) is 5.93. The van der Waals surface area contributed by atoms with Gasteiger partial charge in [0.25, 0.3) is 0 Å². The highest BCUT2D eigenvalue weighted by Crippen LogP contribution is 2.18. The van der Waals surface area contributed by atoms with Crippen molar-refractivity contribution in [1.29, 1.82) is 0 Å². The number of nitrogens with zero attached hydrogens (tertiary/aromatic N) is 1. The molecule has 1 aliphatic carbocycles. The fourth-order valence-corrected chi connectivity index (χ4v) is 2.87. The number of carbonyl (C=O) groups excluding carboxylic acids is 1. The fourth-order valence-electron chi connectivity index (χ4n) is 2.87. The average Bonchev–Trinajstić information content (AvgIpc) is 2.39. The molecular formula is C15H30N2O2. The molecule has 0 heterocycles. The Morgan fingerprint density at radius 3 is 2.42 bits per heavy atom. The second kappa shape index (κ2) is 8.54. The zero-order valence-corrected chi connectivity index (χ0v) is 12.7. The van der Waals surface area contributed by atoms with Crippen LogP contribution in [0, 0.1) is 0 Å². The molecule has 112 valence electrons. The van der Waals surface area contributed by atoms with Crippen molar-refractivity contribution in [3.05, 3.63) is 0 Å². The molecule has 1 amide bonds. The van der Waals surface area contributed by atoms with E-state index in [1.165, 1.54) is 19.3 Å². The molecule has 1 saturated carbocycles. The first-order valence-electron chi connectivity index (χ1n) is 7.73. The lowest BCUT2D eigenvalue weighted by atomic mass is 9.95. The minimum Gasteiger partial charge on any atom is -0.396 e. The molecule has 0 saturated heterocycles. The Morgan fingerprint density at radius 1 is 1.26 bits per heavy atom. The standard InChI is InChI=1S/C15H30N2O2/c1-12(2)17(10-7-11-18)13(3)15(19)16-14-8-5-4-6-9-14/h12-14,18H,4-11H2,1-3H3,(H,16,19). The van der Waals surface area contributed by atoms with Gasteiger partial charge in [0, 0.05) is 25.2 Å². The summed E-state index contributed by atoms with van der Waals surface area (Å²) in [4.78, 5) is 14.5. The van der Waals surface area contributed by atoms with Gasteiger partial charge in [0.15, 0.2) is 0 Å². The van der Waals surface area contributed by atoms with Crippen LogP contribution in [0.15, 0.2) is 0 Å². The van der Waals surface area contributed by atoms with E-state index in [2.05, 4.69) is 24.1 Å². The number of nitrogens with one attached hydrogen (secondary N) is 1. The molecule has 4 heteroatoms. The van der Waals surface area contributed by atoms with Crippen molar-refractivity contribution in [3.8, 4) is 0 Å². The van der Waals surface area contributed by atoms with E-state index in [9.17, 15) is 4.79 Å². The van der Waals surface area contributed by atoms with E-state index < -0.39 is 0 Å². The highest BCUT2D eigenvalue weighted by atomic mass is 16.3. The molecule has 1 rings (SSSR count). The van der Waals surface area contributed by atoms with E-state index in [0.29, 0.717) is 12.1 Å². The summed E-state index contributed by atoms with van der Waals surface area (Å²) < 4.78 is 0. The molecule has 0 aromatic rings. The molecule has 0 aromatic carbocycles. The molecule has 19 heavy (non-hydrogen) atoms. The van der Waals surface area contributed by atoms with Crippen LogP contribution in [0.25, 0.3) is 0 Å². The highest BCUT2D eigenvalue weighted by molar-refractivity contribution is 5.81. The van der Waals surface area contributed by atoms with Crippen LogP contribution in [0.2, 0.25) is 0 Å². The van der Waals surface area contributed by atoms with E-state index in [4.69, 9.17) is 5.11 Å². The number of hydrogen-bond donors (Lipinski definition) is 2. The Labute approximate surface area is 117 Å². The fraction of sp³-hybridized carbons (Fsp3) is 0.933. The summed E-state index contributed by atoms with van der Waals surface area (Å²) in [5.41, 5.74) is 0. The minimum atomic E-state index is -0.117. The van der Waals surface area contributed by atoms with Crippen molar-refractivity contribution in [2.24, 2.45) is 0 Å². The van der Waals surface area contributed by atoms with Gasteiger partial charge in [-0.25, -0.2) is 0 Å². The first-order valence-corrected chi connectivity index (χ1v) is 7.73. The number of aliphatic hydroxyl groups is 1. The molecule has 4 nitrogen and oxygen atoms in total. The van der Waals surface area contributed by atoms with Crippen molar-refractivity contribution in [3.63, 3.8) is 0 Å². The Hall–Kier alpha value is -0.610. The largest absolute Gasteiger partial charge is 0.396 e. The number of amides is 1. The van der Waals surface area contributed by atoms with Crippen molar-refractivity contribution in [1.82, 2.24) is 10.2 Å². The maximum absolute atomic E-state index is 12.3. The molecule has 0 radical (unpaired) electrons. The normalized spacial score (nSPS) is 18.8. The minimum absolute atomic E-state index is 0.117. The smallest absolute Gasteiger partial charge is 0.237 e. The van der Waals surface area contributed by atoms with Crippen LogP contribution < -0.4 is 5.32 Å². The van der Waals surface area contributed by atoms with Crippen molar-refractivity contribution in [2.75, 3.05) is 13.2 Å². The van der Waals surface area contributed by atoms with Gasteiger partial charge in [0.1, 0.15) is 0 Å². The molecular weight excluding hydrogens is 240 g/mol. The van der Waals surface area contributed by atoms with Crippen LogP contribution in [-0.4, -0.2) is 47.2 Å². The van der Waals surface area contributed by atoms with Crippen LogP contribution in [0.1, 0.15) is 59.3 Å². The summed E-state index contributed by atoms with van der Waals surface area (Å²) in [6, 6.07) is 0.572. The molecule has 0 aliphatic heterocycles. The average molecular weight is 270 g/mol. The summed E-state index contributed by atoms with van der Waals surface area (Å²) in [5, 5.41) is 12.1. The Morgan fingerprint density at radius 2 is 1.89 bits per heavy atom. The number of aliphatic hydroxyl groups excluding tert-OH is 1. The summed E-state index contributed by atoms with van der Waals surface area (Å²) in [6.07, 6.45) is 6.73. The lowest BCUT2D eigenvalue weighted by Gasteiger charge is -2.33.